The van der Waals surface area contributed by atoms with E-state index < -0.39 is 9.84 Å². The van der Waals surface area contributed by atoms with Crippen LogP contribution in [0, 0.1) is 0 Å². The van der Waals surface area contributed by atoms with E-state index in [1.54, 1.807) is 29.9 Å². The second kappa shape index (κ2) is 11.1. The molecular formula is C23H25BrN4O5S2. The molecule has 0 radical (unpaired) electrons. The van der Waals surface area contributed by atoms with Crippen molar-refractivity contribution >= 4 is 43.7 Å². The van der Waals surface area contributed by atoms with Gasteiger partial charge in [0.1, 0.15) is 12.3 Å². The summed E-state index contributed by atoms with van der Waals surface area (Å²) in [7, 11) is -3.26. The van der Waals surface area contributed by atoms with Crippen molar-refractivity contribution < 1.29 is 22.7 Å². The molecule has 2 heterocycles. The van der Waals surface area contributed by atoms with E-state index in [1.165, 1.54) is 24.1 Å². The standard InChI is InChI=1S/C23H25BrN4O5S2/c1-3-32-22(29)14-28-21-6-4-5-20(18(21)13-26-28)27-34-16-11-19(24)23(25-12-16)33-15-7-9-17(10-8-15)35(2,30)31/h7-13,20,27H,3-6,14H2,1-2H3. The fourth-order valence-corrected chi connectivity index (χ4v) is 5.77. The molecule has 1 N–H and O–H groups in total. The second-order valence-corrected chi connectivity index (χ2v) is 11.8. The number of pyridine rings is 1. The van der Waals surface area contributed by atoms with Crippen LogP contribution in [0.1, 0.15) is 37.1 Å². The molecule has 0 aliphatic heterocycles. The van der Waals surface area contributed by atoms with Gasteiger partial charge in [-0.25, -0.2) is 13.4 Å². The molecule has 0 saturated carbocycles. The van der Waals surface area contributed by atoms with Crippen LogP contribution in [-0.2, 0) is 32.3 Å². The molecule has 0 spiro atoms. The number of hydrogen-bond donors (Lipinski definition) is 1. The molecule has 186 valence electrons. The molecule has 4 rings (SSSR count). The Bertz CT molecular complexity index is 1310. The number of benzene rings is 1. The summed E-state index contributed by atoms with van der Waals surface area (Å²) in [5, 5.41) is 4.41. The van der Waals surface area contributed by atoms with Gasteiger partial charge in [-0.05, 0) is 84.4 Å². The Hall–Kier alpha value is -2.41. The van der Waals surface area contributed by atoms with Gasteiger partial charge >= 0.3 is 5.97 Å². The number of nitrogens with zero attached hydrogens (tertiary/aromatic N) is 3. The molecule has 0 amide bonds. The summed E-state index contributed by atoms with van der Waals surface area (Å²) >= 11 is 4.96. The van der Waals surface area contributed by atoms with Gasteiger partial charge in [0.25, 0.3) is 0 Å². The average Bonchev–Trinajstić information content (AvgIpc) is 3.22. The number of aromatic nitrogens is 3. The molecule has 0 fully saturated rings. The normalized spacial score (nSPS) is 15.5. The van der Waals surface area contributed by atoms with E-state index in [2.05, 4.69) is 30.7 Å². The van der Waals surface area contributed by atoms with E-state index >= 15 is 0 Å². The number of esters is 1. The molecule has 0 bridgehead atoms. The lowest BCUT2D eigenvalue weighted by atomic mass is 9.94. The summed E-state index contributed by atoms with van der Waals surface area (Å²) in [6, 6.07) is 8.19. The number of hydrogen-bond acceptors (Lipinski definition) is 9. The van der Waals surface area contributed by atoms with Crippen LogP contribution in [0.2, 0.25) is 0 Å². The Balaban J connectivity index is 1.39. The minimum atomic E-state index is -3.26. The molecule has 2 aromatic heterocycles. The Morgan fingerprint density at radius 3 is 2.74 bits per heavy atom. The van der Waals surface area contributed by atoms with Crippen LogP contribution in [0.15, 0.2) is 57.0 Å². The quantitative estimate of drug-likeness (QED) is 0.289. The molecule has 1 aromatic carbocycles. The van der Waals surface area contributed by atoms with E-state index in [0.717, 1.165) is 41.7 Å². The van der Waals surface area contributed by atoms with Crippen LogP contribution in [0.5, 0.6) is 11.6 Å². The van der Waals surface area contributed by atoms with E-state index in [0.29, 0.717) is 22.7 Å². The van der Waals surface area contributed by atoms with Crippen molar-refractivity contribution in [2.45, 2.75) is 48.6 Å². The SMILES string of the molecule is CCOC(=O)Cn1ncc2c1CCCC2NSc1cnc(Oc2ccc(S(C)(=O)=O)cc2)c(Br)c1. The Morgan fingerprint density at radius 2 is 2.06 bits per heavy atom. The smallest absolute Gasteiger partial charge is 0.327 e. The van der Waals surface area contributed by atoms with E-state index in [1.807, 2.05) is 12.3 Å². The van der Waals surface area contributed by atoms with Crippen molar-refractivity contribution in [3.63, 3.8) is 0 Å². The maximum atomic E-state index is 11.9. The van der Waals surface area contributed by atoms with Gasteiger partial charge < -0.3 is 9.47 Å². The third-order valence-electron chi connectivity index (χ3n) is 5.41. The minimum Gasteiger partial charge on any atom is -0.465 e. The van der Waals surface area contributed by atoms with Crippen molar-refractivity contribution in [2.24, 2.45) is 0 Å². The lowest BCUT2D eigenvalue weighted by Gasteiger charge is -2.23. The summed E-state index contributed by atoms with van der Waals surface area (Å²) in [6.45, 7) is 2.27. The molecule has 35 heavy (non-hydrogen) atoms. The monoisotopic (exact) mass is 580 g/mol. The molecule has 1 atom stereocenters. The first-order chi connectivity index (χ1) is 16.7. The molecule has 1 aliphatic rings. The van der Waals surface area contributed by atoms with Gasteiger partial charge in [0.2, 0.25) is 5.88 Å². The largest absolute Gasteiger partial charge is 0.465 e. The maximum absolute atomic E-state index is 11.9. The highest BCUT2D eigenvalue weighted by Gasteiger charge is 2.25. The zero-order valence-corrected chi connectivity index (χ0v) is 22.5. The summed E-state index contributed by atoms with van der Waals surface area (Å²) in [4.78, 5) is 17.4. The number of sulfone groups is 1. The molecule has 1 unspecified atom stereocenters. The Morgan fingerprint density at radius 1 is 1.29 bits per heavy atom. The van der Waals surface area contributed by atoms with Gasteiger partial charge in [-0.15, -0.1) is 0 Å². The molecule has 3 aromatic rings. The summed E-state index contributed by atoms with van der Waals surface area (Å²) in [5.74, 6) is 0.577. The van der Waals surface area contributed by atoms with Crippen molar-refractivity contribution in [1.29, 1.82) is 0 Å². The fraction of sp³-hybridized carbons (Fsp3) is 0.348. The zero-order chi connectivity index (χ0) is 25.0. The van der Waals surface area contributed by atoms with Gasteiger partial charge in [0.05, 0.1) is 22.2 Å². The van der Waals surface area contributed by atoms with Gasteiger partial charge in [0, 0.05) is 34.6 Å². The van der Waals surface area contributed by atoms with Crippen molar-refractivity contribution in [1.82, 2.24) is 19.5 Å². The predicted octanol–water partition coefficient (Wildman–Crippen LogP) is 4.47. The number of nitrogens with one attached hydrogen (secondary N) is 1. The van der Waals surface area contributed by atoms with E-state index in [9.17, 15) is 13.2 Å². The van der Waals surface area contributed by atoms with Gasteiger partial charge in [-0.2, -0.15) is 5.10 Å². The summed E-state index contributed by atoms with van der Waals surface area (Å²) in [5.41, 5.74) is 2.16. The number of rotatable bonds is 9. The number of carbonyl (C=O) groups is 1. The molecule has 9 nitrogen and oxygen atoms in total. The lowest BCUT2D eigenvalue weighted by molar-refractivity contribution is -0.144. The second-order valence-electron chi connectivity index (χ2n) is 7.98. The van der Waals surface area contributed by atoms with E-state index in [4.69, 9.17) is 9.47 Å². The predicted molar refractivity (Wildman–Crippen MR) is 135 cm³/mol. The van der Waals surface area contributed by atoms with Crippen LogP contribution in [0.4, 0.5) is 0 Å². The van der Waals surface area contributed by atoms with Gasteiger partial charge in [-0.3, -0.25) is 14.2 Å². The third kappa shape index (κ3) is 6.43. The highest BCUT2D eigenvalue weighted by atomic mass is 79.9. The molecular weight excluding hydrogens is 556 g/mol. The van der Waals surface area contributed by atoms with Gasteiger partial charge in [0.15, 0.2) is 9.84 Å². The first kappa shape index (κ1) is 25.7. The minimum absolute atomic E-state index is 0.0998. The van der Waals surface area contributed by atoms with Crippen molar-refractivity contribution in [3.05, 3.63) is 58.5 Å². The van der Waals surface area contributed by atoms with Crippen LogP contribution >= 0.6 is 27.9 Å². The van der Waals surface area contributed by atoms with Crippen LogP contribution in [0.25, 0.3) is 0 Å². The van der Waals surface area contributed by atoms with Crippen LogP contribution < -0.4 is 9.46 Å². The fourth-order valence-electron chi connectivity index (χ4n) is 3.75. The first-order valence-corrected chi connectivity index (χ1v) is 14.5. The first-order valence-electron chi connectivity index (χ1n) is 11.0. The number of halogens is 1. The molecule has 12 heteroatoms. The number of fused-ring (bicyclic) bond motifs is 1. The lowest BCUT2D eigenvalue weighted by Crippen LogP contribution is -2.22. The summed E-state index contributed by atoms with van der Waals surface area (Å²) in [6.07, 6.45) is 7.52. The van der Waals surface area contributed by atoms with Crippen molar-refractivity contribution in [2.75, 3.05) is 12.9 Å². The average molecular weight is 582 g/mol. The molecule has 0 saturated heterocycles. The number of carbonyl (C=O) groups excluding carboxylic acids is 1. The Labute approximate surface area is 216 Å². The van der Waals surface area contributed by atoms with E-state index in [-0.39, 0.29) is 23.5 Å². The topological polar surface area (TPSA) is 112 Å². The summed E-state index contributed by atoms with van der Waals surface area (Å²) < 4.78 is 40.0. The highest BCUT2D eigenvalue weighted by molar-refractivity contribution is 9.10. The third-order valence-corrected chi connectivity index (χ3v) is 7.97. The molecule has 1 aliphatic carbocycles. The van der Waals surface area contributed by atoms with Crippen LogP contribution in [-0.4, -0.2) is 42.0 Å². The highest BCUT2D eigenvalue weighted by Crippen LogP contribution is 2.34. The van der Waals surface area contributed by atoms with Gasteiger partial charge in [-0.1, -0.05) is 0 Å². The van der Waals surface area contributed by atoms with Crippen molar-refractivity contribution in [3.8, 4) is 11.6 Å². The number of ether oxygens (including phenoxy) is 2. The maximum Gasteiger partial charge on any atom is 0.327 e. The Kier molecular flexibility index (Phi) is 8.15. The van der Waals surface area contributed by atoms with Crippen LogP contribution in [0.3, 0.4) is 0 Å². The zero-order valence-electron chi connectivity index (χ0n) is 19.2.